The Hall–Kier alpha value is -3.75. The number of aliphatic carboxylic acids is 2. The van der Waals surface area contributed by atoms with Gasteiger partial charge in [-0.15, -0.1) is 0 Å². The Morgan fingerprint density at radius 1 is 0.800 bits per heavy atom. The van der Waals surface area contributed by atoms with Gasteiger partial charge in [-0.2, -0.15) is 0 Å². The number of carbonyl (C=O) groups is 7. The minimum Gasteiger partial charge on any atom is -0.481 e. The quantitative estimate of drug-likeness (QED) is 0.129. The van der Waals surface area contributed by atoms with Gasteiger partial charge in [-0.1, -0.05) is 0 Å². The van der Waals surface area contributed by atoms with E-state index in [4.69, 9.17) is 27.4 Å². The Labute approximate surface area is 169 Å². The van der Waals surface area contributed by atoms with Crippen LogP contribution in [0.2, 0.25) is 0 Å². The number of hydrogen-bond donors (Lipinski definition) is 8. The molecule has 168 valence electrons. The van der Waals surface area contributed by atoms with Crippen molar-refractivity contribution in [1.29, 1.82) is 0 Å². The van der Waals surface area contributed by atoms with E-state index in [9.17, 15) is 33.6 Å². The Balaban J connectivity index is 4.87. The van der Waals surface area contributed by atoms with Crippen LogP contribution in [0.1, 0.15) is 25.7 Å². The molecule has 0 rings (SSSR count). The number of carbonyl (C=O) groups excluding carboxylic acids is 5. The van der Waals surface area contributed by atoms with Crippen LogP contribution < -0.4 is 33.2 Å². The molecule has 15 heteroatoms. The van der Waals surface area contributed by atoms with E-state index in [1.54, 1.807) is 0 Å². The molecule has 0 aliphatic rings. The molecule has 0 spiro atoms. The van der Waals surface area contributed by atoms with E-state index in [0.717, 1.165) is 0 Å². The maximum atomic E-state index is 12.1. The van der Waals surface area contributed by atoms with Crippen LogP contribution in [-0.2, 0) is 33.6 Å². The second-order valence-corrected chi connectivity index (χ2v) is 6.12. The van der Waals surface area contributed by atoms with Crippen LogP contribution in [0.15, 0.2) is 0 Å². The summed E-state index contributed by atoms with van der Waals surface area (Å²) in [6, 6.07) is -4.49. The van der Waals surface area contributed by atoms with E-state index in [1.807, 2.05) is 10.6 Å². The molecule has 11 N–H and O–H groups in total. The van der Waals surface area contributed by atoms with Crippen molar-refractivity contribution in [3.05, 3.63) is 0 Å². The first-order valence-electron chi connectivity index (χ1n) is 8.47. The summed E-state index contributed by atoms with van der Waals surface area (Å²) in [5, 5.41) is 24.0. The number of nitrogens with one attached hydrogen (secondary N) is 3. The molecule has 0 saturated heterocycles. The monoisotopic (exact) mass is 432 g/mol. The molecule has 0 heterocycles. The van der Waals surface area contributed by atoms with Gasteiger partial charge in [0.2, 0.25) is 29.5 Å². The van der Waals surface area contributed by atoms with Crippen LogP contribution >= 0.6 is 0 Å². The van der Waals surface area contributed by atoms with Crippen LogP contribution in [0.3, 0.4) is 0 Å². The number of carboxylic acid groups (broad SMARTS) is 2. The second-order valence-electron chi connectivity index (χ2n) is 6.12. The van der Waals surface area contributed by atoms with Gasteiger partial charge in [-0.05, 0) is 6.42 Å². The molecule has 0 radical (unpaired) electrons. The molecular weight excluding hydrogens is 408 g/mol. The maximum Gasteiger partial charge on any atom is 0.326 e. The molecule has 15 nitrogen and oxygen atoms in total. The second kappa shape index (κ2) is 12.7. The van der Waals surface area contributed by atoms with E-state index in [0.29, 0.717) is 0 Å². The van der Waals surface area contributed by atoms with Gasteiger partial charge < -0.3 is 43.4 Å². The summed E-state index contributed by atoms with van der Waals surface area (Å²) >= 11 is 0. The van der Waals surface area contributed by atoms with Gasteiger partial charge in [-0.3, -0.25) is 28.8 Å². The van der Waals surface area contributed by atoms with Crippen molar-refractivity contribution in [2.45, 2.75) is 43.8 Å². The van der Waals surface area contributed by atoms with Gasteiger partial charge in [0.25, 0.3) is 0 Å². The number of rotatable bonds is 14. The average Bonchev–Trinajstić information content (AvgIpc) is 2.60. The molecule has 0 aliphatic heterocycles. The third-order valence-electron chi connectivity index (χ3n) is 3.51. The number of carboxylic acids is 2. The summed E-state index contributed by atoms with van der Waals surface area (Å²) in [5.41, 5.74) is 15.2. The Morgan fingerprint density at radius 2 is 1.40 bits per heavy atom. The van der Waals surface area contributed by atoms with Crippen LogP contribution in [0.25, 0.3) is 0 Å². The molecule has 3 atom stereocenters. The Morgan fingerprint density at radius 3 is 1.87 bits per heavy atom. The van der Waals surface area contributed by atoms with Crippen molar-refractivity contribution in [1.82, 2.24) is 16.0 Å². The lowest BCUT2D eigenvalue weighted by Gasteiger charge is -2.19. The first-order chi connectivity index (χ1) is 13.8. The van der Waals surface area contributed by atoms with Crippen molar-refractivity contribution in [2.75, 3.05) is 6.54 Å². The number of nitrogens with two attached hydrogens (primary N) is 3. The highest BCUT2D eigenvalue weighted by Crippen LogP contribution is 1.98. The normalized spacial score (nSPS) is 13.2. The first-order valence-corrected chi connectivity index (χ1v) is 8.47. The summed E-state index contributed by atoms with van der Waals surface area (Å²) in [6.07, 6.45) is -1.99. The van der Waals surface area contributed by atoms with E-state index in [2.05, 4.69) is 5.32 Å². The van der Waals surface area contributed by atoms with Crippen molar-refractivity contribution in [3.8, 4) is 0 Å². The van der Waals surface area contributed by atoms with Gasteiger partial charge in [0.05, 0.1) is 25.4 Å². The van der Waals surface area contributed by atoms with E-state index in [1.165, 1.54) is 0 Å². The lowest BCUT2D eigenvalue weighted by molar-refractivity contribution is -0.142. The molecular formula is C15H24N6O9. The van der Waals surface area contributed by atoms with Gasteiger partial charge in [-0.25, -0.2) is 4.79 Å². The summed E-state index contributed by atoms with van der Waals surface area (Å²) < 4.78 is 0. The standard InChI is InChI=1S/C15H24N6O9/c16-6(3-10(18)23)13(27)21-8(4-12(25)26)14(28)19-5-11(24)20-7(15(29)30)1-2-9(17)22/h6-8H,1-5,16H2,(H2,17,22)(H2,18,23)(H,19,28)(H,20,24)(H,21,27)(H,25,26)(H,29,30). The van der Waals surface area contributed by atoms with Crippen LogP contribution in [0.4, 0.5) is 0 Å². The zero-order valence-electron chi connectivity index (χ0n) is 15.8. The molecule has 5 amide bonds. The summed E-state index contributed by atoms with van der Waals surface area (Å²) in [5.74, 6) is -7.60. The predicted molar refractivity (Wildman–Crippen MR) is 97.0 cm³/mol. The topological polar surface area (TPSA) is 274 Å². The third-order valence-corrected chi connectivity index (χ3v) is 3.51. The fourth-order valence-corrected chi connectivity index (χ4v) is 2.05. The average molecular weight is 432 g/mol. The van der Waals surface area contributed by atoms with E-state index >= 15 is 0 Å². The largest absolute Gasteiger partial charge is 0.481 e. The van der Waals surface area contributed by atoms with E-state index in [-0.39, 0.29) is 12.8 Å². The number of amides is 5. The van der Waals surface area contributed by atoms with Crippen molar-refractivity contribution >= 4 is 41.5 Å². The molecule has 0 aromatic heterocycles. The summed E-state index contributed by atoms with van der Waals surface area (Å²) in [7, 11) is 0. The highest BCUT2D eigenvalue weighted by atomic mass is 16.4. The lowest BCUT2D eigenvalue weighted by atomic mass is 10.1. The minimum absolute atomic E-state index is 0.278. The molecule has 0 aromatic carbocycles. The molecule has 0 bridgehead atoms. The Kier molecular flexibility index (Phi) is 11.1. The minimum atomic E-state index is -1.63. The van der Waals surface area contributed by atoms with E-state index < -0.39 is 79.0 Å². The van der Waals surface area contributed by atoms with Gasteiger partial charge >= 0.3 is 11.9 Å². The SMILES string of the molecule is NC(=O)CCC(NC(=O)CNC(=O)C(CC(=O)O)NC(=O)C(N)CC(N)=O)C(=O)O. The Bertz CT molecular complexity index is 711. The summed E-state index contributed by atoms with van der Waals surface area (Å²) in [6.45, 7) is -0.751. The van der Waals surface area contributed by atoms with Crippen molar-refractivity contribution < 1.29 is 43.8 Å². The highest BCUT2D eigenvalue weighted by molar-refractivity contribution is 5.95. The van der Waals surface area contributed by atoms with Crippen LogP contribution in [0, 0.1) is 0 Å². The molecule has 0 aliphatic carbocycles. The lowest BCUT2D eigenvalue weighted by Crippen LogP contribution is -2.54. The van der Waals surface area contributed by atoms with Crippen molar-refractivity contribution in [3.63, 3.8) is 0 Å². The highest BCUT2D eigenvalue weighted by Gasteiger charge is 2.27. The zero-order valence-corrected chi connectivity index (χ0v) is 15.8. The summed E-state index contributed by atoms with van der Waals surface area (Å²) in [4.78, 5) is 79.3. The number of primary amides is 2. The van der Waals surface area contributed by atoms with Gasteiger partial charge in [0.1, 0.15) is 12.1 Å². The molecule has 0 fully saturated rings. The zero-order chi connectivity index (χ0) is 23.4. The molecule has 3 unspecified atom stereocenters. The molecule has 30 heavy (non-hydrogen) atoms. The first kappa shape index (κ1) is 26.2. The number of hydrogen-bond acceptors (Lipinski definition) is 8. The van der Waals surface area contributed by atoms with Crippen LogP contribution in [0.5, 0.6) is 0 Å². The van der Waals surface area contributed by atoms with Crippen LogP contribution in [-0.4, -0.2) is 76.4 Å². The molecule has 0 aromatic rings. The fraction of sp³-hybridized carbons (Fsp3) is 0.533. The fourth-order valence-electron chi connectivity index (χ4n) is 2.05. The third kappa shape index (κ3) is 11.2. The van der Waals surface area contributed by atoms with Gasteiger partial charge in [0, 0.05) is 6.42 Å². The van der Waals surface area contributed by atoms with Crippen molar-refractivity contribution in [2.24, 2.45) is 17.2 Å². The smallest absolute Gasteiger partial charge is 0.326 e. The van der Waals surface area contributed by atoms with Gasteiger partial charge in [0.15, 0.2) is 0 Å². The molecule has 0 saturated carbocycles. The maximum absolute atomic E-state index is 12.1. The predicted octanol–water partition coefficient (Wildman–Crippen LogP) is -4.90.